The van der Waals surface area contributed by atoms with E-state index in [0.29, 0.717) is 17.9 Å². The molecular weight excluding hydrogens is 190 g/mol. The number of Topliss-reactive ketones (excluding diaryl/α,β-unsaturated/α-hetero) is 1. The van der Waals surface area contributed by atoms with Crippen LogP contribution in [0.25, 0.3) is 0 Å². The molecule has 3 nitrogen and oxygen atoms in total. The summed E-state index contributed by atoms with van der Waals surface area (Å²) in [5, 5.41) is 3.01. The van der Waals surface area contributed by atoms with Crippen LogP contribution in [-0.2, 0) is 0 Å². The average molecular weight is 203 g/mol. The van der Waals surface area contributed by atoms with Gasteiger partial charge in [0, 0.05) is 5.56 Å². The van der Waals surface area contributed by atoms with Gasteiger partial charge in [0.1, 0.15) is 5.75 Å². The van der Waals surface area contributed by atoms with E-state index in [9.17, 15) is 4.79 Å². The highest BCUT2D eigenvalue weighted by Crippen LogP contribution is 2.25. The number of ketones is 1. The van der Waals surface area contributed by atoms with Crippen LogP contribution in [0.15, 0.2) is 18.2 Å². The van der Waals surface area contributed by atoms with Gasteiger partial charge in [0.05, 0.1) is 19.3 Å². The third-order valence-electron chi connectivity index (χ3n) is 1.99. The second kappa shape index (κ2) is 5.06. The Morgan fingerprint density at radius 2 is 2.33 bits per heavy atom. The maximum absolute atomic E-state index is 11.1. The summed E-state index contributed by atoms with van der Waals surface area (Å²) in [4.78, 5) is 11.1. The first-order chi connectivity index (χ1) is 7.19. The van der Waals surface area contributed by atoms with Crippen LogP contribution in [0.1, 0.15) is 17.3 Å². The van der Waals surface area contributed by atoms with E-state index in [1.165, 1.54) is 6.92 Å². The van der Waals surface area contributed by atoms with Crippen molar-refractivity contribution in [3.8, 4) is 18.1 Å². The van der Waals surface area contributed by atoms with Crippen LogP contribution in [0.2, 0.25) is 0 Å². The first-order valence-electron chi connectivity index (χ1n) is 4.55. The Kier molecular flexibility index (Phi) is 3.75. The number of methoxy groups -OCH3 is 1. The lowest BCUT2D eigenvalue weighted by Gasteiger charge is -2.09. The van der Waals surface area contributed by atoms with Gasteiger partial charge in [0.2, 0.25) is 0 Å². The minimum atomic E-state index is 0.0109. The summed E-state index contributed by atoms with van der Waals surface area (Å²) in [5.74, 6) is 3.11. The van der Waals surface area contributed by atoms with E-state index >= 15 is 0 Å². The van der Waals surface area contributed by atoms with Crippen LogP contribution in [0.5, 0.6) is 5.75 Å². The molecule has 0 fully saturated rings. The van der Waals surface area contributed by atoms with Crippen molar-refractivity contribution in [2.24, 2.45) is 0 Å². The summed E-state index contributed by atoms with van der Waals surface area (Å²) in [6.07, 6.45) is 5.14. The number of terminal acetylenes is 1. The Balaban J connectivity index is 2.99. The minimum Gasteiger partial charge on any atom is -0.495 e. The quantitative estimate of drug-likeness (QED) is 0.600. The molecule has 1 aromatic rings. The maximum atomic E-state index is 11.1. The van der Waals surface area contributed by atoms with Crippen LogP contribution in [0.3, 0.4) is 0 Å². The molecule has 1 aromatic carbocycles. The predicted molar refractivity (Wildman–Crippen MR) is 60.3 cm³/mol. The van der Waals surface area contributed by atoms with Crippen molar-refractivity contribution in [2.45, 2.75) is 6.92 Å². The number of hydrogen-bond acceptors (Lipinski definition) is 3. The zero-order valence-electron chi connectivity index (χ0n) is 8.83. The molecule has 0 bridgehead atoms. The number of nitrogens with one attached hydrogen (secondary N) is 1. The largest absolute Gasteiger partial charge is 0.495 e. The number of carbonyl (C=O) groups is 1. The van der Waals surface area contributed by atoms with Gasteiger partial charge in [-0.05, 0) is 25.1 Å². The normalized spacial score (nSPS) is 9.13. The SMILES string of the molecule is C#CCNc1ccc(C(C)=O)cc1OC. The fourth-order valence-electron chi connectivity index (χ4n) is 1.20. The molecule has 15 heavy (non-hydrogen) atoms. The highest BCUT2D eigenvalue weighted by molar-refractivity contribution is 5.95. The van der Waals surface area contributed by atoms with E-state index < -0.39 is 0 Å². The summed E-state index contributed by atoms with van der Waals surface area (Å²) in [6.45, 7) is 1.94. The smallest absolute Gasteiger partial charge is 0.159 e. The fourth-order valence-corrected chi connectivity index (χ4v) is 1.20. The van der Waals surface area contributed by atoms with Gasteiger partial charge >= 0.3 is 0 Å². The van der Waals surface area contributed by atoms with Gasteiger partial charge in [0.15, 0.2) is 5.78 Å². The number of rotatable bonds is 4. The van der Waals surface area contributed by atoms with Gasteiger partial charge in [-0.1, -0.05) is 5.92 Å². The van der Waals surface area contributed by atoms with Gasteiger partial charge in [0.25, 0.3) is 0 Å². The molecule has 0 aliphatic heterocycles. The molecule has 0 heterocycles. The third-order valence-corrected chi connectivity index (χ3v) is 1.99. The molecule has 0 unspecified atom stereocenters. The van der Waals surface area contributed by atoms with E-state index in [4.69, 9.17) is 11.2 Å². The lowest BCUT2D eigenvalue weighted by molar-refractivity contribution is 0.101. The molecule has 1 N–H and O–H groups in total. The Labute approximate surface area is 89.4 Å². The number of hydrogen-bond donors (Lipinski definition) is 1. The van der Waals surface area contributed by atoms with E-state index in [-0.39, 0.29) is 5.78 Å². The number of anilines is 1. The van der Waals surface area contributed by atoms with Crippen LogP contribution in [0.4, 0.5) is 5.69 Å². The highest BCUT2D eigenvalue weighted by atomic mass is 16.5. The van der Waals surface area contributed by atoms with Crippen molar-refractivity contribution < 1.29 is 9.53 Å². The van der Waals surface area contributed by atoms with Gasteiger partial charge in [-0.15, -0.1) is 6.42 Å². The third kappa shape index (κ3) is 2.75. The number of benzene rings is 1. The van der Waals surface area contributed by atoms with Crippen molar-refractivity contribution in [2.75, 3.05) is 19.0 Å². The van der Waals surface area contributed by atoms with Crippen LogP contribution < -0.4 is 10.1 Å². The molecule has 1 rings (SSSR count). The molecule has 0 aromatic heterocycles. The molecular formula is C12H13NO2. The Morgan fingerprint density at radius 1 is 1.60 bits per heavy atom. The first-order valence-corrected chi connectivity index (χ1v) is 4.55. The Bertz CT molecular complexity index is 405. The Hall–Kier alpha value is -1.95. The van der Waals surface area contributed by atoms with E-state index in [2.05, 4.69) is 11.2 Å². The van der Waals surface area contributed by atoms with Crippen molar-refractivity contribution >= 4 is 11.5 Å². The predicted octanol–water partition coefficient (Wildman–Crippen LogP) is 1.94. The van der Waals surface area contributed by atoms with E-state index in [1.54, 1.807) is 25.3 Å². The standard InChI is InChI=1S/C12H13NO2/c1-4-7-13-11-6-5-10(9(2)14)8-12(11)15-3/h1,5-6,8,13H,7H2,2-3H3. The second-order valence-electron chi connectivity index (χ2n) is 3.03. The summed E-state index contributed by atoms with van der Waals surface area (Å²) < 4.78 is 5.15. The van der Waals surface area contributed by atoms with E-state index in [0.717, 1.165) is 5.69 Å². The first kappa shape index (κ1) is 11.1. The lowest BCUT2D eigenvalue weighted by Crippen LogP contribution is -2.02. The Morgan fingerprint density at radius 3 is 2.87 bits per heavy atom. The monoisotopic (exact) mass is 203 g/mol. The van der Waals surface area contributed by atoms with Gasteiger partial charge in [-0.2, -0.15) is 0 Å². The van der Waals surface area contributed by atoms with Crippen LogP contribution in [0, 0.1) is 12.3 Å². The molecule has 0 aliphatic rings. The number of ether oxygens (including phenoxy) is 1. The summed E-state index contributed by atoms with van der Waals surface area (Å²) in [7, 11) is 1.56. The van der Waals surface area contributed by atoms with Crippen molar-refractivity contribution in [3.63, 3.8) is 0 Å². The summed E-state index contributed by atoms with van der Waals surface area (Å²) in [5.41, 5.74) is 1.42. The van der Waals surface area contributed by atoms with Crippen molar-refractivity contribution in [3.05, 3.63) is 23.8 Å². The summed E-state index contributed by atoms with van der Waals surface area (Å²) in [6, 6.07) is 5.22. The molecule has 0 amide bonds. The second-order valence-corrected chi connectivity index (χ2v) is 3.03. The van der Waals surface area contributed by atoms with Crippen molar-refractivity contribution in [1.29, 1.82) is 0 Å². The summed E-state index contributed by atoms with van der Waals surface area (Å²) >= 11 is 0. The molecule has 3 heteroatoms. The van der Waals surface area contributed by atoms with Gasteiger partial charge in [-0.3, -0.25) is 4.79 Å². The van der Waals surface area contributed by atoms with Gasteiger partial charge < -0.3 is 10.1 Å². The average Bonchev–Trinajstić information content (AvgIpc) is 2.25. The molecule has 0 atom stereocenters. The molecule has 0 radical (unpaired) electrons. The van der Waals surface area contributed by atoms with E-state index in [1.807, 2.05) is 0 Å². The maximum Gasteiger partial charge on any atom is 0.159 e. The fraction of sp³-hybridized carbons (Fsp3) is 0.250. The molecule has 0 spiro atoms. The molecule has 0 aliphatic carbocycles. The van der Waals surface area contributed by atoms with Crippen molar-refractivity contribution in [1.82, 2.24) is 0 Å². The zero-order valence-corrected chi connectivity index (χ0v) is 8.83. The minimum absolute atomic E-state index is 0.0109. The number of carbonyl (C=O) groups excluding carboxylic acids is 1. The van der Waals surface area contributed by atoms with Crippen LogP contribution >= 0.6 is 0 Å². The molecule has 0 saturated carbocycles. The highest BCUT2D eigenvalue weighted by Gasteiger charge is 2.05. The molecule has 0 saturated heterocycles. The van der Waals surface area contributed by atoms with Crippen LogP contribution in [-0.4, -0.2) is 19.4 Å². The lowest BCUT2D eigenvalue weighted by atomic mass is 10.1. The molecule has 78 valence electrons. The van der Waals surface area contributed by atoms with Gasteiger partial charge in [-0.25, -0.2) is 0 Å². The topological polar surface area (TPSA) is 38.3 Å². The zero-order chi connectivity index (χ0) is 11.3.